The van der Waals surface area contributed by atoms with Crippen LogP contribution in [0, 0.1) is 16.7 Å². The lowest BCUT2D eigenvalue weighted by Crippen LogP contribution is -2.29. The summed E-state index contributed by atoms with van der Waals surface area (Å²) in [5.74, 6) is 0.908. The summed E-state index contributed by atoms with van der Waals surface area (Å²) < 4.78 is 5.49. The minimum absolute atomic E-state index is 0.465. The molecule has 2 fully saturated rings. The van der Waals surface area contributed by atoms with E-state index >= 15 is 0 Å². The molecule has 0 spiro atoms. The van der Waals surface area contributed by atoms with Crippen LogP contribution < -0.4 is 0 Å². The number of methoxy groups -OCH3 is 1. The first-order valence-corrected chi connectivity index (χ1v) is 10.1. The average molecular weight is 339 g/mol. The van der Waals surface area contributed by atoms with Crippen molar-refractivity contribution in [1.82, 2.24) is 9.80 Å². The third-order valence-corrected chi connectivity index (χ3v) is 6.06. The number of hydrogen-bond acceptors (Lipinski definition) is 3. The van der Waals surface area contributed by atoms with Crippen LogP contribution in [0.4, 0.5) is 0 Å². The normalized spacial score (nSPS) is 27.2. The van der Waals surface area contributed by atoms with Gasteiger partial charge in [-0.3, -0.25) is 0 Å². The van der Waals surface area contributed by atoms with Crippen LogP contribution in [-0.2, 0) is 4.74 Å². The molecule has 2 atom stereocenters. The fraction of sp³-hybridized carbons (Fsp3) is 1.00. The fourth-order valence-corrected chi connectivity index (χ4v) is 4.31. The topological polar surface area (TPSA) is 15.7 Å². The van der Waals surface area contributed by atoms with Gasteiger partial charge in [-0.05, 0) is 68.5 Å². The molecule has 0 saturated carbocycles. The van der Waals surface area contributed by atoms with Gasteiger partial charge in [-0.2, -0.15) is 0 Å². The van der Waals surface area contributed by atoms with Gasteiger partial charge in [0.05, 0.1) is 6.10 Å². The number of likely N-dealkylation sites (tertiary alicyclic amines) is 2. The zero-order valence-electron chi connectivity index (χ0n) is 17.2. The Balaban J connectivity index is 1.66. The maximum Gasteiger partial charge on any atom is 0.0710 e. The summed E-state index contributed by atoms with van der Waals surface area (Å²) in [5.41, 5.74) is 0.934. The maximum atomic E-state index is 5.49. The van der Waals surface area contributed by atoms with Crippen molar-refractivity contribution in [3.8, 4) is 0 Å². The molecule has 2 aliphatic rings. The zero-order valence-corrected chi connectivity index (χ0v) is 17.2. The molecule has 24 heavy (non-hydrogen) atoms. The maximum absolute atomic E-state index is 5.49. The van der Waals surface area contributed by atoms with E-state index in [0.717, 1.165) is 12.5 Å². The van der Waals surface area contributed by atoms with E-state index < -0.39 is 0 Å². The van der Waals surface area contributed by atoms with Crippen molar-refractivity contribution in [2.75, 3.05) is 46.4 Å². The summed E-state index contributed by atoms with van der Waals surface area (Å²) in [6.07, 6.45) is 7.12. The zero-order chi connectivity index (χ0) is 17.8. The van der Waals surface area contributed by atoms with Crippen LogP contribution in [0.5, 0.6) is 0 Å². The molecular weight excluding hydrogens is 296 g/mol. The number of ether oxygens (including phenoxy) is 1. The smallest absolute Gasteiger partial charge is 0.0710 e. The fourth-order valence-electron chi connectivity index (χ4n) is 4.31. The first-order valence-electron chi connectivity index (χ1n) is 10.1. The summed E-state index contributed by atoms with van der Waals surface area (Å²) >= 11 is 0. The molecule has 0 aliphatic carbocycles. The van der Waals surface area contributed by atoms with E-state index in [4.69, 9.17) is 4.74 Å². The van der Waals surface area contributed by atoms with Crippen LogP contribution >= 0.6 is 0 Å². The largest absolute Gasteiger partial charge is 0.380 e. The predicted molar refractivity (Wildman–Crippen MR) is 103 cm³/mol. The van der Waals surface area contributed by atoms with E-state index in [1.807, 2.05) is 7.11 Å². The van der Waals surface area contributed by atoms with Crippen LogP contribution in [0.3, 0.4) is 0 Å². The second kappa shape index (κ2) is 8.51. The van der Waals surface area contributed by atoms with Crippen LogP contribution in [0.25, 0.3) is 0 Å². The Morgan fingerprint density at radius 2 is 1.50 bits per heavy atom. The molecule has 2 aliphatic heterocycles. The van der Waals surface area contributed by atoms with Gasteiger partial charge in [-0.1, -0.05) is 34.6 Å². The second-order valence-electron chi connectivity index (χ2n) is 10.3. The van der Waals surface area contributed by atoms with Gasteiger partial charge >= 0.3 is 0 Å². The highest BCUT2D eigenvalue weighted by Gasteiger charge is 2.30. The van der Waals surface area contributed by atoms with E-state index in [2.05, 4.69) is 44.4 Å². The van der Waals surface area contributed by atoms with E-state index in [0.29, 0.717) is 16.9 Å². The van der Waals surface area contributed by atoms with Crippen molar-refractivity contribution in [1.29, 1.82) is 0 Å². The van der Waals surface area contributed by atoms with Crippen molar-refractivity contribution in [3.05, 3.63) is 0 Å². The van der Waals surface area contributed by atoms with Crippen molar-refractivity contribution in [2.45, 2.75) is 72.8 Å². The Labute approximate surface area is 151 Å². The molecule has 0 bridgehead atoms. The molecule has 0 aromatic rings. The van der Waals surface area contributed by atoms with Crippen molar-refractivity contribution >= 4 is 0 Å². The number of rotatable bonds is 8. The van der Waals surface area contributed by atoms with Crippen molar-refractivity contribution < 1.29 is 4.74 Å². The monoisotopic (exact) mass is 338 g/mol. The standard InChI is InChI=1S/C21H42N2O/c1-20(2,3)9-13-22-11-7-18(16-22)15-21(4,5)10-14-23-12-8-19(17-23)24-6/h18-19H,7-17H2,1-6H3. The van der Waals surface area contributed by atoms with Gasteiger partial charge in [0.2, 0.25) is 0 Å². The SMILES string of the molecule is COC1CCN(CCC(C)(C)CC2CCN(CCC(C)(C)C)C2)C1. The van der Waals surface area contributed by atoms with E-state index in [-0.39, 0.29) is 0 Å². The van der Waals surface area contributed by atoms with E-state index in [1.54, 1.807) is 0 Å². The molecule has 3 heteroatoms. The Kier molecular flexibility index (Phi) is 7.16. The van der Waals surface area contributed by atoms with Gasteiger partial charge in [-0.15, -0.1) is 0 Å². The molecule has 0 radical (unpaired) electrons. The molecule has 142 valence electrons. The lowest BCUT2D eigenvalue weighted by molar-refractivity contribution is 0.105. The van der Waals surface area contributed by atoms with Crippen LogP contribution in [0.2, 0.25) is 0 Å². The first kappa shape index (κ1) is 20.2. The Morgan fingerprint density at radius 1 is 0.875 bits per heavy atom. The third kappa shape index (κ3) is 7.01. The van der Waals surface area contributed by atoms with Gasteiger partial charge < -0.3 is 14.5 Å². The van der Waals surface area contributed by atoms with Gasteiger partial charge in [0.15, 0.2) is 0 Å². The van der Waals surface area contributed by atoms with Crippen molar-refractivity contribution in [2.24, 2.45) is 16.7 Å². The molecule has 0 aromatic carbocycles. The molecule has 3 nitrogen and oxygen atoms in total. The summed E-state index contributed by atoms with van der Waals surface area (Å²) in [5, 5.41) is 0. The van der Waals surface area contributed by atoms with Crippen LogP contribution in [0.15, 0.2) is 0 Å². The molecular formula is C21H42N2O. The number of hydrogen-bond donors (Lipinski definition) is 0. The first-order chi connectivity index (χ1) is 11.2. The average Bonchev–Trinajstić information content (AvgIpc) is 3.11. The van der Waals surface area contributed by atoms with Gasteiger partial charge in [-0.25, -0.2) is 0 Å². The number of nitrogens with zero attached hydrogens (tertiary/aromatic N) is 2. The molecule has 2 saturated heterocycles. The van der Waals surface area contributed by atoms with Gasteiger partial charge in [0.25, 0.3) is 0 Å². The van der Waals surface area contributed by atoms with E-state index in [9.17, 15) is 0 Å². The summed E-state index contributed by atoms with van der Waals surface area (Å²) in [4.78, 5) is 5.30. The highest BCUT2D eigenvalue weighted by molar-refractivity contribution is 4.84. The molecule has 0 amide bonds. The van der Waals surface area contributed by atoms with Crippen LogP contribution in [-0.4, -0.2) is 62.3 Å². The molecule has 0 N–H and O–H groups in total. The molecule has 2 rings (SSSR count). The summed E-state index contributed by atoms with van der Waals surface area (Å²) in [6, 6.07) is 0. The molecule has 2 heterocycles. The third-order valence-electron chi connectivity index (χ3n) is 6.06. The minimum atomic E-state index is 0.465. The quantitative estimate of drug-likeness (QED) is 0.657. The highest BCUT2D eigenvalue weighted by Crippen LogP contribution is 2.34. The van der Waals surface area contributed by atoms with Gasteiger partial charge in [0, 0.05) is 26.7 Å². The van der Waals surface area contributed by atoms with Crippen LogP contribution in [0.1, 0.15) is 66.7 Å². The Hall–Kier alpha value is -0.120. The second-order valence-corrected chi connectivity index (χ2v) is 10.3. The summed E-state index contributed by atoms with van der Waals surface area (Å²) in [7, 11) is 1.85. The summed E-state index contributed by atoms with van der Waals surface area (Å²) in [6.45, 7) is 19.6. The molecule has 2 unspecified atom stereocenters. The lowest BCUT2D eigenvalue weighted by Gasteiger charge is -2.30. The lowest BCUT2D eigenvalue weighted by atomic mass is 9.79. The Bertz CT molecular complexity index is 375. The highest BCUT2D eigenvalue weighted by atomic mass is 16.5. The van der Waals surface area contributed by atoms with Gasteiger partial charge in [0.1, 0.15) is 0 Å². The molecule has 0 aromatic heterocycles. The Morgan fingerprint density at radius 3 is 2.12 bits per heavy atom. The minimum Gasteiger partial charge on any atom is -0.380 e. The van der Waals surface area contributed by atoms with Crippen molar-refractivity contribution in [3.63, 3.8) is 0 Å². The predicted octanol–water partition coefficient (Wildman–Crippen LogP) is 4.27. The van der Waals surface area contributed by atoms with E-state index in [1.165, 1.54) is 64.8 Å².